The van der Waals surface area contributed by atoms with Gasteiger partial charge in [0.25, 0.3) is 5.91 Å². The average molecular weight is 352 g/mol. The minimum Gasteiger partial charge on any atom is -0.492 e. The van der Waals surface area contributed by atoms with Gasteiger partial charge in [0.1, 0.15) is 17.9 Å². The highest BCUT2D eigenvalue weighted by Crippen LogP contribution is 2.32. The zero-order valence-corrected chi connectivity index (χ0v) is 15.4. The Hall–Kier alpha value is -2.82. The summed E-state index contributed by atoms with van der Waals surface area (Å²) in [4.78, 5) is 26.7. The third kappa shape index (κ3) is 3.29. The molecule has 0 bridgehead atoms. The van der Waals surface area contributed by atoms with Crippen molar-refractivity contribution >= 4 is 11.9 Å². The molecule has 1 fully saturated rings. The molecule has 0 saturated carbocycles. The molecule has 1 atom stereocenters. The summed E-state index contributed by atoms with van der Waals surface area (Å²) in [6.45, 7) is 6.39. The van der Waals surface area contributed by atoms with Gasteiger partial charge >= 0.3 is 6.03 Å². The molecule has 0 unspecified atom stereocenters. The molecule has 3 rings (SSSR count). The Labute approximate surface area is 154 Å². The van der Waals surface area contributed by atoms with Crippen LogP contribution in [0.15, 0.2) is 48.5 Å². The Morgan fingerprint density at radius 3 is 2.31 bits per heavy atom. The molecular weight excluding hydrogens is 328 g/mol. The van der Waals surface area contributed by atoms with Crippen LogP contribution >= 0.6 is 0 Å². The fourth-order valence-electron chi connectivity index (χ4n) is 3.46. The van der Waals surface area contributed by atoms with Crippen LogP contribution in [0.3, 0.4) is 0 Å². The van der Waals surface area contributed by atoms with Crippen molar-refractivity contribution in [2.45, 2.75) is 32.7 Å². The Balaban J connectivity index is 1.71. The van der Waals surface area contributed by atoms with E-state index in [0.29, 0.717) is 6.42 Å². The van der Waals surface area contributed by atoms with E-state index in [4.69, 9.17) is 4.74 Å². The highest BCUT2D eigenvalue weighted by Gasteiger charge is 2.50. The number of benzene rings is 2. The third-order valence-corrected chi connectivity index (χ3v) is 4.75. The van der Waals surface area contributed by atoms with Gasteiger partial charge in [-0.05, 0) is 49.1 Å². The molecule has 0 spiro atoms. The molecule has 0 aromatic heterocycles. The van der Waals surface area contributed by atoms with Crippen molar-refractivity contribution in [3.8, 4) is 5.75 Å². The summed E-state index contributed by atoms with van der Waals surface area (Å²) in [5, 5.41) is 2.88. The van der Waals surface area contributed by atoms with E-state index in [9.17, 15) is 9.59 Å². The number of amides is 3. The molecule has 1 saturated heterocycles. The predicted molar refractivity (Wildman–Crippen MR) is 100 cm³/mol. The first-order valence-corrected chi connectivity index (χ1v) is 8.87. The number of urea groups is 1. The van der Waals surface area contributed by atoms with E-state index in [1.807, 2.05) is 63.2 Å². The van der Waals surface area contributed by atoms with Gasteiger partial charge in [0.15, 0.2) is 0 Å². The fraction of sp³-hybridized carbons (Fsp3) is 0.333. The third-order valence-electron chi connectivity index (χ3n) is 4.75. The summed E-state index contributed by atoms with van der Waals surface area (Å²) in [6.07, 6.45) is 0.496. The summed E-state index contributed by atoms with van der Waals surface area (Å²) < 4.78 is 5.76. The normalized spacial score (nSPS) is 19.6. The fourth-order valence-corrected chi connectivity index (χ4v) is 3.46. The van der Waals surface area contributed by atoms with Gasteiger partial charge in [-0.25, -0.2) is 4.79 Å². The minimum absolute atomic E-state index is 0.215. The van der Waals surface area contributed by atoms with E-state index in [1.54, 1.807) is 0 Å². The molecule has 26 heavy (non-hydrogen) atoms. The predicted octanol–water partition coefficient (Wildman–Crippen LogP) is 3.54. The lowest BCUT2D eigenvalue weighted by Crippen LogP contribution is -2.43. The van der Waals surface area contributed by atoms with Crippen molar-refractivity contribution < 1.29 is 14.3 Å². The summed E-state index contributed by atoms with van der Waals surface area (Å²) in [5.41, 5.74) is 2.05. The summed E-state index contributed by atoms with van der Waals surface area (Å²) in [5.74, 6) is 0.527. The van der Waals surface area contributed by atoms with Crippen molar-refractivity contribution in [1.29, 1.82) is 0 Å². The molecule has 1 aliphatic heterocycles. The SMILES string of the molecule is CC[C@]1(c2ccccc2)NC(=O)N(CCOc2cc(C)cc(C)c2)C1=O. The molecule has 0 aliphatic carbocycles. The molecule has 1 N–H and O–H groups in total. The van der Waals surface area contributed by atoms with Crippen LogP contribution in [-0.2, 0) is 10.3 Å². The largest absolute Gasteiger partial charge is 0.492 e. The smallest absolute Gasteiger partial charge is 0.325 e. The van der Waals surface area contributed by atoms with E-state index in [2.05, 4.69) is 11.4 Å². The van der Waals surface area contributed by atoms with Crippen molar-refractivity contribution in [3.63, 3.8) is 0 Å². The van der Waals surface area contributed by atoms with Crippen molar-refractivity contribution in [1.82, 2.24) is 10.2 Å². The van der Waals surface area contributed by atoms with Gasteiger partial charge in [0.2, 0.25) is 0 Å². The molecule has 2 aromatic rings. The summed E-state index contributed by atoms with van der Waals surface area (Å²) in [7, 11) is 0. The second-order valence-electron chi connectivity index (χ2n) is 6.68. The average Bonchev–Trinajstić information content (AvgIpc) is 2.86. The van der Waals surface area contributed by atoms with Crippen LogP contribution in [0.5, 0.6) is 5.75 Å². The van der Waals surface area contributed by atoms with Gasteiger partial charge in [-0.1, -0.05) is 43.3 Å². The lowest BCUT2D eigenvalue weighted by Gasteiger charge is -2.25. The molecule has 0 radical (unpaired) electrons. The monoisotopic (exact) mass is 352 g/mol. The molecule has 136 valence electrons. The lowest BCUT2D eigenvalue weighted by molar-refractivity contribution is -0.132. The minimum atomic E-state index is -0.988. The Bertz CT molecular complexity index is 799. The molecule has 1 heterocycles. The summed E-state index contributed by atoms with van der Waals surface area (Å²) in [6, 6.07) is 15.0. The second kappa shape index (κ2) is 7.20. The molecule has 1 aliphatic rings. The summed E-state index contributed by atoms with van der Waals surface area (Å²) >= 11 is 0. The Morgan fingerprint density at radius 2 is 1.69 bits per heavy atom. The number of nitrogens with zero attached hydrogens (tertiary/aromatic N) is 1. The zero-order chi connectivity index (χ0) is 18.7. The first-order chi connectivity index (χ1) is 12.5. The van der Waals surface area contributed by atoms with Gasteiger partial charge in [0, 0.05) is 0 Å². The Morgan fingerprint density at radius 1 is 1.04 bits per heavy atom. The van der Waals surface area contributed by atoms with E-state index in [-0.39, 0.29) is 25.1 Å². The standard InChI is InChI=1S/C21H24N2O3/c1-4-21(17-8-6-5-7-9-17)19(24)23(20(25)22-21)10-11-26-18-13-15(2)12-16(3)14-18/h5-9,12-14H,4,10-11H2,1-3H3,(H,22,25)/t21-/m1/s1. The molecule has 3 amide bonds. The topological polar surface area (TPSA) is 58.6 Å². The van der Waals surface area contributed by atoms with E-state index in [1.165, 1.54) is 4.90 Å². The van der Waals surface area contributed by atoms with Crippen LogP contribution in [0.4, 0.5) is 4.79 Å². The molecular formula is C21H24N2O3. The number of imide groups is 1. The molecule has 5 heteroatoms. The maximum atomic E-state index is 13.0. The highest BCUT2D eigenvalue weighted by atomic mass is 16.5. The van der Waals surface area contributed by atoms with Gasteiger partial charge in [-0.2, -0.15) is 0 Å². The van der Waals surface area contributed by atoms with Crippen molar-refractivity contribution in [3.05, 3.63) is 65.2 Å². The molecule has 5 nitrogen and oxygen atoms in total. The van der Waals surface area contributed by atoms with Crippen LogP contribution < -0.4 is 10.1 Å². The van der Waals surface area contributed by atoms with Crippen LogP contribution in [0.25, 0.3) is 0 Å². The van der Waals surface area contributed by atoms with Crippen molar-refractivity contribution in [2.24, 2.45) is 0 Å². The van der Waals surface area contributed by atoms with Gasteiger partial charge in [-0.15, -0.1) is 0 Å². The van der Waals surface area contributed by atoms with Crippen LogP contribution in [0.2, 0.25) is 0 Å². The van der Waals surface area contributed by atoms with E-state index in [0.717, 1.165) is 22.4 Å². The Kier molecular flexibility index (Phi) is 4.98. The number of aryl methyl sites for hydroxylation is 2. The zero-order valence-electron chi connectivity index (χ0n) is 15.4. The maximum Gasteiger partial charge on any atom is 0.325 e. The van der Waals surface area contributed by atoms with Gasteiger partial charge < -0.3 is 10.1 Å². The maximum absolute atomic E-state index is 13.0. The number of ether oxygens (including phenoxy) is 1. The second-order valence-corrected chi connectivity index (χ2v) is 6.68. The number of nitrogens with one attached hydrogen (secondary N) is 1. The van der Waals surface area contributed by atoms with Crippen LogP contribution in [0.1, 0.15) is 30.0 Å². The number of rotatable bonds is 6. The van der Waals surface area contributed by atoms with Crippen molar-refractivity contribution in [2.75, 3.05) is 13.2 Å². The number of carbonyl (C=O) groups is 2. The molecule has 2 aromatic carbocycles. The van der Waals surface area contributed by atoms with Gasteiger partial charge in [0.05, 0.1) is 6.54 Å². The van der Waals surface area contributed by atoms with Crippen LogP contribution in [0, 0.1) is 13.8 Å². The van der Waals surface area contributed by atoms with E-state index >= 15 is 0 Å². The number of hydrogen-bond donors (Lipinski definition) is 1. The quantitative estimate of drug-likeness (QED) is 0.809. The van der Waals surface area contributed by atoms with E-state index < -0.39 is 5.54 Å². The first kappa shape index (κ1) is 18.0. The first-order valence-electron chi connectivity index (χ1n) is 8.87. The van der Waals surface area contributed by atoms with Gasteiger partial charge in [-0.3, -0.25) is 9.69 Å². The number of carbonyl (C=O) groups excluding carboxylic acids is 2. The van der Waals surface area contributed by atoms with Crippen LogP contribution in [-0.4, -0.2) is 30.0 Å². The highest BCUT2D eigenvalue weighted by molar-refractivity contribution is 6.07. The number of hydrogen-bond acceptors (Lipinski definition) is 3. The lowest BCUT2D eigenvalue weighted by atomic mass is 9.87.